The lowest BCUT2D eigenvalue weighted by Crippen LogP contribution is -2.09. The monoisotopic (exact) mass is 474 g/mol. The number of aryl methyl sites for hydroxylation is 1. The first-order valence-electron chi connectivity index (χ1n) is 13.4. The molecule has 0 N–H and O–H groups in total. The third-order valence-corrected chi connectivity index (χ3v) is 6.25. The summed E-state index contributed by atoms with van der Waals surface area (Å²) < 4.78 is 33.0. The molecule has 0 spiro atoms. The highest BCUT2D eigenvalue weighted by molar-refractivity contribution is 5.55. The molecule has 0 aliphatic rings. The minimum Gasteiger partial charge on any atom is -0.490 e. The summed E-state index contributed by atoms with van der Waals surface area (Å²) in [5, 5.41) is 0. The Labute approximate surface area is 205 Å². The number of alkyl halides is 2. The fourth-order valence-electron chi connectivity index (χ4n) is 4.11. The Bertz CT molecular complexity index is 752. The second kappa shape index (κ2) is 17.4. The lowest BCUT2D eigenvalue weighted by molar-refractivity contribution is 0.212. The molecule has 2 atom stereocenters. The maximum atomic E-state index is 14.0. The average molecular weight is 475 g/mol. The van der Waals surface area contributed by atoms with Crippen LogP contribution in [0.4, 0.5) is 8.78 Å². The quantitative estimate of drug-likeness (QED) is 0.191. The Kier molecular flexibility index (Phi) is 14.4. The minimum atomic E-state index is -0.964. The van der Waals surface area contributed by atoms with Crippen molar-refractivity contribution in [2.45, 2.75) is 116 Å². The highest BCUT2D eigenvalue weighted by atomic mass is 19.1. The molecule has 0 aliphatic carbocycles. The molecular formula is C29H44F2N2O. The first-order valence-corrected chi connectivity index (χ1v) is 13.4. The topological polar surface area (TPSA) is 35.0 Å². The molecule has 34 heavy (non-hydrogen) atoms. The van der Waals surface area contributed by atoms with Crippen molar-refractivity contribution in [3.05, 3.63) is 42.2 Å². The molecule has 1 aromatic heterocycles. The van der Waals surface area contributed by atoms with Crippen molar-refractivity contribution in [2.75, 3.05) is 6.61 Å². The number of hydrogen-bond donors (Lipinski definition) is 0. The van der Waals surface area contributed by atoms with Crippen LogP contribution < -0.4 is 4.74 Å². The zero-order valence-electron chi connectivity index (χ0n) is 21.3. The summed E-state index contributed by atoms with van der Waals surface area (Å²) in [7, 11) is 0. The molecule has 0 fully saturated rings. The zero-order valence-corrected chi connectivity index (χ0v) is 21.3. The van der Waals surface area contributed by atoms with Crippen molar-refractivity contribution in [3.8, 4) is 17.1 Å². The number of halogens is 2. The third kappa shape index (κ3) is 11.9. The second-order valence-corrected chi connectivity index (χ2v) is 9.36. The van der Waals surface area contributed by atoms with E-state index >= 15 is 0 Å². The number of benzene rings is 1. The normalized spacial score (nSPS) is 13.1. The van der Waals surface area contributed by atoms with E-state index in [1.807, 2.05) is 6.92 Å². The molecule has 0 saturated heterocycles. The summed E-state index contributed by atoms with van der Waals surface area (Å²) in [6, 6.07) is 8.47. The van der Waals surface area contributed by atoms with Gasteiger partial charge in [0.25, 0.3) is 0 Å². The Balaban J connectivity index is 1.65. The zero-order chi connectivity index (χ0) is 24.4. The van der Waals surface area contributed by atoms with Crippen LogP contribution in [0, 0.1) is 0 Å². The van der Waals surface area contributed by atoms with E-state index in [-0.39, 0.29) is 6.61 Å². The smallest absolute Gasteiger partial charge is 0.159 e. The van der Waals surface area contributed by atoms with Crippen LogP contribution in [0.1, 0.15) is 103 Å². The van der Waals surface area contributed by atoms with Crippen LogP contribution in [0.5, 0.6) is 5.75 Å². The number of ether oxygens (including phenoxy) is 1. The van der Waals surface area contributed by atoms with E-state index in [4.69, 9.17) is 4.74 Å². The number of hydrogen-bond acceptors (Lipinski definition) is 3. The first-order chi connectivity index (χ1) is 16.6. The van der Waals surface area contributed by atoms with Crippen molar-refractivity contribution < 1.29 is 13.5 Å². The van der Waals surface area contributed by atoms with E-state index in [1.165, 1.54) is 50.5 Å². The fraction of sp³-hybridized carbons (Fsp3) is 0.655. The fourth-order valence-corrected chi connectivity index (χ4v) is 4.11. The lowest BCUT2D eigenvalue weighted by Gasteiger charge is -2.11. The molecule has 2 rings (SSSR count). The molecule has 190 valence electrons. The summed E-state index contributed by atoms with van der Waals surface area (Å²) in [5.41, 5.74) is 2.33. The average Bonchev–Trinajstić information content (AvgIpc) is 2.84. The Morgan fingerprint density at radius 2 is 1.32 bits per heavy atom. The molecule has 0 aliphatic heterocycles. The molecule has 2 aromatic rings. The van der Waals surface area contributed by atoms with Crippen LogP contribution in [0.2, 0.25) is 0 Å². The van der Waals surface area contributed by atoms with Gasteiger partial charge < -0.3 is 4.74 Å². The van der Waals surface area contributed by atoms with Gasteiger partial charge in [0.2, 0.25) is 0 Å². The van der Waals surface area contributed by atoms with Crippen molar-refractivity contribution in [1.29, 1.82) is 0 Å². The summed E-state index contributed by atoms with van der Waals surface area (Å²) in [6.45, 7) is 4.49. The Morgan fingerprint density at radius 3 is 1.97 bits per heavy atom. The van der Waals surface area contributed by atoms with E-state index in [0.29, 0.717) is 43.7 Å². The predicted molar refractivity (Wildman–Crippen MR) is 138 cm³/mol. The molecular weight excluding hydrogens is 430 g/mol. The molecule has 2 unspecified atom stereocenters. The maximum Gasteiger partial charge on any atom is 0.159 e. The van der Waals surface area contributed by atoms with Crippen molar-refractivity contribution >= 4 is 0 Å². The lowest BCUT2D eigenvalue weighted by atomic mass is 10.0. The molecule has 1 aromatic carbocycles. The Hall–Kier alpha value is -2.04. The largest absolute Gasteiger partial charge is 0.490 e. The maximum absolute atomic E-state index is 14.0. The standard InChI is InChI=1S/C29H44F2N2O/c1-3-5-6-7-8-9-10-13-24-16-18-25(19-17-24)29-32-22-28(23-33-29)34-21-20-27(31)15-11-14-26(30)12-4-2/h16-19,22-23,26-27H,3-15,20-21H2,1-2H3. The summed E-state index contributed by atoms with van der Waals surface area (Å²) in [6.07, 6.45) is 15.0. The van der Waals surface area contributed by atoms with Crippen molar-refractivity contribution in [3.63, 3.8) is 0 Å². The molecule has 0 bridgehead atoms. The second-order valence-electron chi connectivity index (χ2n) is 9.36. The van der Waals surface area contributed by atoms with E-state index < -0.39 is 12.3 Å². The first kappa shape index (κ1) is 28.2. The van der Waals surface area contributed by atoms with Crippen LogP contribution in [-0.4, -0.2) is 28.9 Å². The molecule has 1 heterocycles. The molecule has 0 radical (unpaired) electrons. The van der Waals surface area contributed by atoms with Gasteiger partial charge in [-0.2, -0.15) is 0 Å². The van der Waals surface area contributed by atoms with Crippen LogP contribution in [0.15, 0.2) is 36.7 Å². The van der Waals surface area contributed by atoms with Gasteiger partial charge in [0.05, 0.1) is 19.0 Å². The third-order valence-electron chi connectivity index (χ3n) is 6.25. The van der Waals surface area contributed by atoms with Crippen LogP contribution in [-0.2, 0) is 6.42 Å². The van der Waals surface area contributed by atoms with Gasteiger partial charge in [-0.15, -0.1) is 0 Å². The molecule has 0 saturated carbocycles. The van der Waals surface area contributed by atoms with Gasteiger partial charge in [0.1, 0.15) is 12.3 Å². The van der Waals surface area contributed by atoms with Gasteiger partial charge in [-0.05, 0) is 44.1 Å². The number of unbranched alkanes of at least 4 members (excludes halogenated alkanes) is 6. The van der Waals surface area contributed by atoms with Crippen LogP contribution in [0.25, 0.3) is 11.4 Å². The van der Waals surface area contributed by atoms with Gasteiger partial charge >= 0.3 is 0 Å². The molecule has 5 heteroatoms. The van der Waals surface area contributed by atoms with Gasteiger partial charge in [-0.25, -0.2) is 18.7 Å². The van der Waals surface area contributed by atoms with Gasteiger partial charge in [0, 0.05) is 12.0 Å². The number of aromatic nitrogens is 2. The minimum absolute atomic E-state index is 0.269. The van der Waals surface area contributed by atoms with Crippen LogP contribution in [0.3, 0.4) is 0 Å². The number of nitrogens with zero attached hydrogens (tertiary/aromatic N) is 2. The van der Waals surface area contributed by atoms with E-state index in [9.17, 15) is 8.78 Å². The van der Waals surface area contributed by atoms with E-state index in [1.54, 1.807) is 12.4 Å². The van der Waals surface area contributed by atoms with Crippen molar-refractivity contribution in [2.24, 2.45) is 0 Å². The SMILES string of the molecule is CCCCCCCCCc1ccc(-c2ncc(OCCC(F)CCCC(F)CCC)cn2)cc1. The summed E-state index contributed by atoms with van der Waals surface area (Å²) in [4.78, 5) is 8.80. The van der Waals surface area contributed by atoms with Gasteiger partial charge in [-0.3, -0.25) is 0 Å². The van der Waals surface area contributed by atoms with E-state index in [2.05, 4.69) is 41.2 Å². The highest BCUT2D eigenvalue weighted by Gasteiger charge is 2.10. The summed E-state index contributed by atoms with van der Waals surface area (Å²) >= 11 is 0. The van der Waals surface area contributed by atoms with Gasteiger partial charge in [-0.1, -0.05) is 83.1 Å². The van der Waals surface area contributed by atoms with E-state index in [0.717, 1.165) is 18.4 Å². The van der Waals surface area contributed by atoms with Crippen molar-refractivity contribution in [1.82, 2.24) is 9.97 Å². The molecule has 3 nitrogen and oxygen atoms in total. The van der Waals surface area contributed by atoms with Crippen LogP contribution >= 0.6 is 0 Å². The predicted octanol–water partition coefficient (Wildman–Crippen LogP) is 8.85. The highest BCUT2D eigenvalue weighted by Crippen LogP contribution is 2.20. The molecule has 0 amide bonds. The summed E-state index contributed by atoms with van der Waals surface area (Å²) in [5.74, 6) is 1.20. The van der Waals surface area contributed by atoms with Gasteiger partial charge in [0.15, 0.2) is 11.6 Å². The Morgan fingerprint density at radius 1 is 0.706 bits per heavy atom. The number of rotatable bonds is 19.